The largest absolute Gasteiger partial charge is 0.486 e. The van der Waals surface area contributed by atoms with Crippen LogP contribution >= 0.6 is 23.4 Å². The summed E-state index contributed by atoms with van der Waals surface area (Å²) in [5.41, 5.74) is 2.93. The van der Waals surface area contributed by atoms with Gasteiger partial charge in [0, 0.05) is 17.8 Å². The minimum Gasteiger partial charge on any atom is -0.486 e. The third kappa shape index (κ3) is 5.74. The van der Waals surface area contributed by atoms with Gasteiger partial charge in [-0.1, -0.05) is 48.5 Å². The fourth-order valence-electron chi connectivity index (χ4n) is 2.61. The van der Waals surface area contributed by atoms with E-state index in [1.165, 1.54) is 17.3 Å². The molecule has 0 unspecified atom stereocenters. The van der Waals surface area contributed by atoms with Crippen LogP contribution in [0.3, 0.4) is 0 Å². The highest BCUT2D eigenvalue weighted by Crippen LogP contribution is 2.22. The Bertz CT molecular complexity index is 989. The molecule has 0 fully saturated rings. The summed E-state index contributed by atoms with van der Waals surface area (Å²) in [4.78, 5) is 12.3. The number of nitrogens with one attached hydrogen (secondary N) is 1. The lowest BCUT2D eigenvalue weighted by atomic mass is 10.2. The van der Waals surface area contributed by atoms with E-state index in [0.717, 1.165) is 17.7 Å². The van der Waals surface area contributed by atoms with Gasteiger partial charge in [0.1, 0.15) is 12.4 Å². The first-order chi connectivity index (χ1) is 14.0. The molecule has 0 aliphatic rings. The standard InChI is InChI=1S/C21H23ClN4O2S/c1-4-15-6-9-17(10-7-15)28-12-19-24-25-21(26(19)3)29-13-20(27)23-18-11-16(22)8-5-14(18)2/h5-11H,4,12-13H2,1-3H3,(H,23,27). The van der Waals surface area contributed by atoms with Crippen molar-refractivity contribution in [3.8, 4) is 5.75 Å². The third-order valence-corrected chi connectivity index (χ3v) is 5.69. The second kappa shape index (κ2) is 9.80. The van der Waals surface area contributed by atoms with Crippen molar-refractivity contribution in [2.24, 2.45) is 7.05 Å². The number of nitrogens with zero attached hydrogens (tertiary/aromatic N) is 3. The fraction of sp³-hybridized carbons (Fsp3) is 0.286. The molecular weight excluding hydrogens is 408 g/mol. The second-order valence-electron chi connectivity index (χ2n) is 6.54. The monoisotopic (exact) mass is 430 g/mol. The van der Waals surface area contributed by atoms with Gasteiger partial charge < -0.3 is 14.6 Å². The molecule has 6 nitrogen and oxygen atoms in total. The van der Waals surface area contributed by atoms with Crippen molar-refractivity contribution in [1.82, 2.24) is 14.8 Å². The molecule has 29 heavy (non-hydrogen) atoms. The van der Waals surface area contributed by atoms with Crippen molar-refractivity contribution in [2.45, 2.75) is 32.0 Å². The SMILES string of the molecule is CCc1ccc(OCc2nnc(SCC(=O)Nc3cc(Cl)ccc3C)n2C)cc1. The Morgan fingerprint density at radius 1 is 1.21 bits per heavy atom. The molecule has 0 spiro atoms. The quantitative estimate of drug-likeness (QED) is 0.527. The molecule has 0 saturated heterocycles. The number of carbonyl (C=O) groups excluding carboxylic acids is 1. The van der Waals surface area contributed by atoms with Gasteiger partial charge in [-0.15, -0.1) is 10.2 Å². The number of thioether (sulfide) groups is 1. The van der Waals surface area contributed by atoms with Crippen LogP contribution in [-0.2, 0) is 24.9 Å². The fourth-order valence-corrected chi connectivity index (χ4v) is 3.51. The molecule has 0 atom stereocenters. The highest BCUT2D eigenvalue weighted by Gasteiger charge is 2.13. The molecule has 3 rings (SSSR count). The van der Waals surface area contributed by atoms with E-state index in [1.807, 2.05) is 48.9 Å². The number of benzene rings is 2. The number of amides is 1. The van der Waals surface area contributed by atoms with Crippen LogP contribution in [0.15, 0.2) is 47.6 Å². The van der Waals surface area contributed by atoms with Gasteiger partial charge in [0.25, 0.3) is 0 Å². The van der Waals surface area contributed by atoms with Gasteiger partial charge in [0.2, 0.25) is 5.91 Å². The maximum atomic E-state index is 12.3. The van der Waals surface area contributed by atoms with E-state index in [4.69, 9.17) is 16.3 Å². The van der Waals surface area contributed by atoms with E-state index in [9.17, 15) is 4.79 Å². The number of hydrogen-bond donors (Lipinski definition) is 1. The lowest BCUT2D eigenvalue weighted by Gasteiger charge is -2.09. The Kier molecular flexibility index (Phi) is 7.17. The number of halogens is 1. The topological polar surface area (TPSA) is 69.0 Å². The van der Waals surface area contributed by atoms with Crippen LogP contribution in [0.1, 0.15) is 23.9 Å². The average molecular weight is 431 g/mol. The molecule has 2 aromatic carbocycles. The Morgan fingerprint density at radius 3 is 2.69 bits per heavy atom. The van der Waals surface area contributed by atoms with Gasteiger partial charge in [0.15, 0.2) is 11.0 Å². The van der Waals surface area contributed by atoms with E-state index in [1.54, 1.807) is 12.1 Å². The first-order valence-electron chi connectivity index (χ1n) is 9.25. The molecule has 0 saturated carbocycles. The summed E-state index contributed by atoms with van der Waals surface area (Å²) in [5.74, 6) is 1.57. The van der Waals surface area contributed by atoms with Crippen molar-refractivity contribution < 1.29 is 9.53 Å². The van der Waals surface area contributed by atoms with Crippen LogP contribution in [0, 0.1) is 6.92 Å². The third-order valence-electron chi connectivity index (χ3n) is 4.43. The predicted octanol–water partition coefficient (Wildman–Crippen LogP) is 4.65. The summed E-state index contributed by atoms with van der Waals surface area (Å²) < 4.78 is 7.63. The summed E-state index contributed by atoms with van der Waals surface area (Å²) in [6.07, 6.45) is 0.995. The number of rotatable bonds is 8. The van der Waals surface area contributed by atoms with E-state index >= 15 is 0 Å². The minimum absolute atomic E-state index is 0.128. The zero-order valence-electron chi connectivity index (χ0n) is 16.6. The van der Waals surface area contributed by atoms with Gasteiger partial charge in [-0.2, -0.15) is 0 Å². The van der Waals surface area contributed by atoms with E-state index in [-0.39, 0.29) is 11.7 Å². The van der Waals surface area contributed by atoms with Crippen LogP contribution < -0.4 is 10.1 Å². The normalized spacial score (nSPS) is 10.8. The lowest BCUT2D eigenvalue weighted by Crippen LogP contribution is -2.15. The minimum atomic E-state index is -0.128. The van der Waals surface area contributed by atoms with Gasteiger partial charge in [-0.3, -0.25) is 4.79 Å². The molecule has 8 heteroatoms. The number of aromatic nitrogens is 3. The molecule has 0 radical (unpaired) electrons. The van der Waals surface area contributed by atoms with E-state index in [0.29, 0.717) is 28.3 Å². The number of ether oxygens (including phenoxy) is 1. The number of anilines is 1. The van der Waals surface area contributed by atoms with E-state index in [2.05, 4.69) is 22.4 Å². The van der Waals surface area contributed by atoms with Gasteiger partial charge in [-0.05, 0) is 48.7 Å². The zero-order chi connectivity index (χ0) is 20.8. The lowest BCUT2D eigenvalue weighted by molar-refractivity contribution is -0.113. The molecule has 0 aliphatic carbocycles. The van der Waals surface area contributed by atoms with Crippen LogP contribution in [0.2, 0.25) is 5.02 Å². The van der Waals surface area contributed by atoms with Gasteiger partial charge >= 0.3 is 0 Å². The Morgan fingerprint density at radius 2 is 1.97 bits per heavy atom. The van der Waals surface area contributed by atoms with Crippen LogP contribution in [-0.4, -0.2) is 26.4 Å². The number of aryl methyl sites for hydroxylation is 2. The molecule has 1 N–H and O–H groups in total. The molecule has 1 aromatic heterocycles. The maximum absolute atomic E-state index is 12.3. The molecule has 3 aromatic rings. The molecule has 0 aliphatic heterocycles. The Balaban J connectivity index is 1.53. The van der Waals surface area contributed by atoms with Crippen LogP contribution in [0.25, 0.3) is 0 Å². The predicted molar refractivity (Wildman–Crippen MR) is 117 cm³/mol. The summed E-state index contributed by atoms with van der Waals surface area (Å²) in [6.45, 7) is 4.35. The van der Waals surface area contributed by atoms with Crippen molar-refractivity contribution in [2.75, 3.05) is 11.1 Å². The first-order valence-corrected chi connectivity index (χ1v) is 10.6. The molecule has 0 bridgehead atoms. The highest BCUT2D eigenvalue weighted by atomic mass is 35.5. The average Bonchev–Trinajstić information content (AvgIpc) is 3.07. The van der Waals surface area contributed by atoms with Crippen molar-refractivity contribution in [3.05, 3.63) is 64.4 Å². The smallest absolute Gasteiger partial charge is 0.234 e. The van der Waals surface area contributed by atoms with Crippen molar-refractivity contribution in [3.63, 3.8) is 0 Å². The summed E-state index contributed by atoms with van der Waals surface area (Å²) in [7, 11) is 1.86. The molecule has 1 heterocycles. The van der Waals surface area contributed by atoms with Crippen LogP contribution in [0.4, 0.5) is 5.69 Å². The molecule has 152 valence electrons. The zero-order valence-corrected chi connectivity index (χ0v) is 18.2. The van der Waals surface area contributed by atoms with Crippen molar-refractivity contribution in [1.29, 1.82) is 0 Å². The Hall–Kier alpha value is -2.51. The van der Waals surface area contributed by atoms with E-state index < -0.39 is 0 Å². The maximum Gasteiger partial charge on any atom is 0.234 e. The Labute approximate surface area is 179 Å². The number of hydrogen-bond acceptors (Lipinski definition) is 5. The van der Waals surface area contributed by atoms with Gasteiger partial charge in [-0.25, -0.2) is 0 Å². The van der Waals surface area contributed by atoms with Gasteiger partial charge in [0.05, 0.1) is 5.75 Å². The second-order valence-corrected chi connectivity index (χ2v) is 7.92. The number of carbonyl (C=O) groups is 1. The molecule has 1 amide bonds. The summed E-state index contributed by atoms with van der Waals surface area (Å²) in [5, 5.41) is 12.4. The highest BCUT2D eigenvalue weighted by molar-refractivity contribution is 7.99. The van der Waals surface area contributed by atoms with Crippen LogP contribution in [0.5, 0.6) is 5.75 Å². The molecular formula is C21H23ClN4O2S. The summed E-state index contributed by atoms with van der Waals surface area (Å²) >= 11 is 7.32. The summed E-state index contributed by atoms with van der Waals surface area (Å²) in [6, 6.07) is 13.4. The van der Waals surface area contributed by atoms with Crippen molar-refractivity contribution >= 4 is 35.0 Å². The first kappa shape index (κ1) is 21.2.